The van der Waals surface area contributed by atoms with Crippen molar-refractivity contribution in [3.8, 4) is 22.4 Å². The lowest BCUT2D eigenvalue weighted by Gasteiger charge is -2.05. The van der Waals surface area contributed by atoms with Gasteiger partial charge in [-0.1, -0.05) is 24.3 Å². The van der Waals surface area contributed by atoms with E-state index in [9.17, 15) is 4.39 Å². The second-order valence-corrected chi connectivity index (χ2v) is 6.90. The summed E-state index contributed by atoms with van der Waals surface area (Å²) in [6.45, 7) is 0.266. The summed E-state index contributed by atoms with van der Waals surface area (Å²) < 4.78 is 16.4. The molecule has 4 aromatic rings. The Bertz CT molecular complexity index is 1020. The molecule has 0 saturated heterocycles. The molecule has 0 N–H and O–H groups in total. The van der Waals surface area contributed by atoms with E-state index in [0.717, 1.165) is 5.01 Å². The Morgan fingerprint density at radius 2 is 1.96 bits per heavy atom. The Balaban J connectivity index is 1.80. The van der Waals surface area contributed by atoms with Crippen molar-refractivity contribution in [1.82, 2.24) is 24.7 Å². The van der Waals surface area contributed by atoms with Gasteiger partial charge in [0.15, 0.2) is 16.7 Å². The molecule has 5 nitrogen and oxygen atoms in total. The first kappa shape index (κ1) is 16.0. The fourth-order valence-corrected chi connectivity index (χ4v) is 3.35. The van der Waals surface area contributed by atoms with Crippen LogP contribution < -0.4 is 0 Å². The molecule has 3 aromatic heterocycles. The van der Waals surface area contributed by atoms with Gasteiger partial charge in [-0.3, -0.25) is 0 Å². The van der Waals surface area contributed by atoms with Crippen LogP contribution >= 0.6 is 27.3 Å². The molecule has 3 heterocycles. The maximum absolute atomic E-state index is 14.0. The van der Waals surface area contributed by atoms with Gasteiger partial charge in [-0.05, 0) is 34.1 Å². The molecule has 0 radical (unpaired) electrons. The van der Waals surface area contributed by atoms with E-state index in [1.165, 1.54) is 17.4 Å². The van der Waals surface area contributed by atoms with Gasteiger partial charge in [0.25, 0.3) is 0 Å². The highest BCUT2D eigenvalue weighted by Gasteiger charge is 2.17. The fourth-order valence-electron chi connectivity index (χ4n) is 2.37. The molecule has 4 rings (SSSR count). The van der Waals surface area contributed by atoms with Crippen LogP contribution in [0.5, 0.6) is 0 Å². The Hall–Kier alpha value is -2.45. The highest BCUT2D eigenvalue weighted by atomic mass is 79.9. The van der Waals surface area contributed by atoms with Crippen LogP contribution in [0.25, 0.3) is 22.4 Å². The lowest BCUT2D eigenvalue weighted by Crippen LogP contribution is -2.06. The Labute approximate surface area is 155 Å². The quantitative estimate of drug-likeness (QED) is 0.463. The second-order valence-electron chi connectivity index (χ2n) is 5.19. The zero-order valence-electron chi connectivity index (χ0n) is 12.8. The highest BCUT2D eigenvalue weighted by molar-refractivity contribution is 9.10. The SMILES string of the molecule is Fc1ccccc1Cn1nc(-c2cccc(Br)n2)nc1-c1nccs1. The molecule has 124 valence electrons. The molecule has 0 aliphatic rings. The molecule has 0 amide bonds. The van der Waals surface area contributed by atoms with Gasteiger partial charge in [-0.15, -0.1) is 16.4 Å². The van der Waals surface area contributed by atoms with E-state index >= 15 is 0 Å². The van der Waals surface area contributed by atoms with Crippen molar-refractivity contribution < 1.29 is 4.39 Å². The summed E-state index contributed by atoms with van der Waals surface area (Å²) in [5.41, 5.74) is 1.18. The molecular formula is C17H11BrFN5S. The molecule has 0 spiro atoms. The zero-order valence-corrected chi connectivity index (χ0v) is 15.2. The van der Waals surface area contributed by atoms with Crippen LogP contribution in [-0.2, 0) is 6.54 Å². The minimum atomic E-state index is -0.273. The maximum Gasteiger partial charge on any atom is 0.200 e. The van der Waals surface area contributed by atoms with Crippen LogP contribution in [0.4, 0.5) is 4.39 Å². The Kier molecular flexibility index (Phi) is 4.37. The Morgan fingerprint density at radius 3 is 2.72 bits per heavy atom. The number of benzene rings is 1. The van der Waals surface area contributed by atoms with E-state index in [1.807, 2.05) is 23.6 Å². The number of thiazole rings is 1. The molecule has 1 aromatic carbocycles. The number of nitrogens with zero attached hydrogens (tertiary/aromatic N) is 5. The van der Waals surface area contributed by atoms with E-state index < -0.39 is 0 Å². The van der Waals surface area contributed by atoms with Gasteiger partial charge in [0.2, 0.25) is 0 Å². The molecule has 25 heavy (non-hydrogen) atoms. The summed E-state index contributed by atoms with van der Waals surface area (Å²) in [6.07, 6.45) is 1.71. The monoisotopic (exact) mass is 415 g/mol. The Morgan fingerprint density at radius 1 is 1.08 bits per heavy atom. The molecule has 0 atom stereocenters. The van der Waals surface area contributed by atoms with Crippen LogP contribution in [0.3, 0.4) is 0 Å². The summed E-state index contributed by atoms with van der Waals surface area (Å²) in [7, 11) is 0. The summed E-state index contributed by atoms with van der Waals surface area (Å²) in [6, 6.07) is 12.2. The van der Waals surface area contributed by atoms with E-state index in [-0.39, 0.29) is 12.4 Å². The minimum absolute atomic E-state index is 0.266. The first-order valence-electron chi connectivity index (χ1n) is 7.42. The predicted octanol–water partition coefficient (Wildman–Crippen LogP) is 4.41. The molecule has 8 heteroatoms. The van der Waals surface area contributed by atoms with Gasteiger partial charge in [-0.25, -0.2) is 24.0 Å². The highest BCUT2D eigenvalue weighted by Crippen LogP contribution is 2.25. The lowest BCUT2D eigenvalue weighted by atomic mass is 10.2. The zero-order chi connectivity index (χ0) is 17.2. The molecular weight excluding hydrogens is 405 g/mol. The van der Waals surface area contributed by atoms with Gasteiger partial charge in [-0.2, -0.15) is 0 Å². The van der Waals surface area contributed by atoms with Crippen LogP contribution in [-0.4, -0.2) is 24.7 Å². The van der Waals surface area contributed by atoms with Crippen molar-refractivity contribution in [3.63, 3.8) is 0 Å². The molecule has 0 fully saturated rings. The molecule has 0 unspecified atom stereocenters. The topological polar surface area (TPSA) is 56.5 Å². The third kappa shape index (κ3) is 3.35. The van der Waals surface area contributed by atoms with Gasteiger partial charge in [0.05, 0.1) is 6.54 Å². The van der Waals surface area contributed by atoms with Crippen LogP contribution in [0.1, 0.15) is 5.56 Å². The van der Waals surface area contributed by atoms with E-state index in [4.69, 9.17) is 0 Å². The number of pyridine rings is 1. The van der Waals surface area contributed by atoms with Crippen molar-refractivity contribution in [3.05, 3.63) is 70.0 Å². The van der Waals surface area contributed by atoms with E-state index in [1.54, 1.807) is 29.1 Å². The fraction of sp³-hybridized carbons (Fsp3) is 0.0588. The molecule has 0 aliphatic heterocycles. The van der Waals surface area contributed by atoms with E-state index in [2.05, 4.69) is 36.0 Å². The largest absolute Gasteiger partial charge is 0.241 e. The average molecular weight is 416 g/mol. The number of aromatic nitrogens is 5. The third-order valence-corrected chi connectivity index (χ3v) is 4.73. The lowest BCUT2D eigenvalue weighted by molar-refractivity contribution is 0.587. The average Bonchev–Trinajstić information content (AvgIpc) is 3.26. The molecule has 0 bridgehead atoms. The summed E-state index contributed by atoms with van der Waals surface area (Å²) in [4.78, 5) is 13.3. The first-order valence-corrected chi connectivity index (χ1v) is 9.09. The van der Waals surface area contributed by atoms with Crippen LogP contribution in [0.2, 0.25) is 0 Å². The van der Waals surface area contributed by atoms with Crippen molar-refractivity contribution in [2.24, 2.45) is 0 Å². The summed E-state index contributed by atoms with van der Waals surface area (Å²) in [5.74, 6) is 0.795. The van der Waals surface area contributed by atoms with Crippen molar-refractivity contribution in [1.29, 1.82) is 0 Å². The van der Waals surface area contributed by atoms with Crippen molar-refractivity contribution in [2.45, 2.75) is 6.54 Å². The van der Waals surface area contributed by atoms with Crippen molar-refractivity contribution in [2.75, 3.05) is 0 Å². The first-order chi connectivity index (χ1) is 12.2. The number of halogens is 2. The molecule has 0 aliphatic carbocycles. The van der Waals surface area contributed by atoms with Gasteiger partial charge < -0.3 is 0 Å². The minimum Gasteiger partial charge on any atom is -0.241 e. The number of hydrogen-bond acceptors (Lipinski definition) is 5. The number of rotatable bonds is 4. The van der Waals surface area contributed by atoms with Gasteiger partial charge in [0.1, 0.15) is 16.1 Å². The predicted molar refractivity (Wildman–Crippen MR) is 97.6 cm³/mol. The van der Waals surface area contributed by atoms with Crippen molar-refractivity contribution >= 4 is 27.3 Å². The summed E-state index contributed by atoms with van der Waals surface area (Å²) >= 11 is 4.81. The van der Waals surface area contributed by atoms with E-state index in [0.29, 0.717) is 27.5 Å². The molecule has 0 saturated carbocycles. The smallest absolute Gasteiger partial charge is 0.200 e. The second kappa shape index (κ2) is 6.81. The van der Waals surface area contributed by atoms with Gasteiger partial charge >= 0.3 is 0 Å². The summed E-state index contributed by atoms with van der Waals surface area (Å²) in [5, 5.41) is 7.13. The van der Waals surface area contributed by atoms with Crippen LogP contribution in [0.15, 0.2) is 58.6 Å². The number of hydrogen-bond donors (Lipinski definition) is 0. The van der Waals surface area contributed by atoms with Crippen LogP contribution in [0, 0.1) is 5.82 Å². The normalized spacial score (nSPS) is 11.0. The third-order valence-electron chi connectivity index (χ3n) is 3.52. The standard InChI is InChI=1S/C17H11BrFN5S/c18-14-7-3-6-13(21-14)15-22-16(17-20-8-9-25-17)24(23-15)10-11-4-1-2-5-12(11)19/h1-9H,10H2. The maximum atomic E-state index is 14.0. The van der Waals surface area contributed by atoms with Gasteiger partial charge in [0, 0.05) is 17.1 Å².